The van der Waals surface area contributed by atoms with E-state index in [1.807, 2.05) is 25.1 Å². The highest BCUT2D eigenvalue weighted by atomic mass is 16.5. The minimum Gasteiger partial charge on any atom is -0.490 e. The Morgan fingerprint density at radius 1 is 1.03 bits per heavy atom. The summed E-state index contributed by atoms with van der Waals surface area (Å²) in [5.41, 5.74) is 1.33. The fourth-order valence-electron chi connectivity index (χ4n) is 4.98. The molecular formula is C26H25N3O5. The first kappa shape index (κ1) is 21.9. The molecule has 2 aromatic carbocycles. The molecule has 0 aromatic heterocycles. The van der Waals surface area contributed by atoms with Crippen molar-refractivity contribution in [2.45, 2.75) is 13.3 Å². The molecule has 2 aromatic rings. The second kappa shape index (κ2) is 9.13. The Hall–Kier alpha value is -3.94. The minimum atomic E-state index is -0.292. The number of hydrazone groups is 1. The molecule has 174 valence electrons. The Bertz CT molecular complexity index is 1150. The quantitative estimate of drug-likeness (QED) is 0.371. The summed E-state index contributed by atoms with van der Waals surface area (Å²) in [4.78, 5) is 37.8. The molecular weight excluding hydrogens is 434 g/mol. The van der Waals surface area contributed by atoms with E-state index in [-0.39, 0.29) is 48.0 Å². The highest BCUT2D eigenvalue weighted by Gasteiger charge is 2.59. The van der Waals surface area contributed by atoms with E-state index in [4.69, 9.17) is 9.47 Å². The molecule has 8 nitrogen and oxygen atoms in total. The topological polar surface area (TPSA) is 97.3 Å². The first-order valence-electron chi connectivity index (χ1n) is 11.4. The van der Waals surface area contributed by atoms with E-state index in [9.17, 15) is 14.4 Å². The predicted molar refractivity (Wildman–Crippen MR) is 125 cm³/mol. The van der Waals surface area contributed by atoms with Gasteiger partial charge in [0, 0.05) is 5.69 Å². The summed E-state index contributed by atoms with van der Waals surface area (Å²) in [6, 6.07) is 14.2. The fourth-order valence-corrected chi connectivity index (χ4v) is 4.98. The summed E-state index contributed by atoms with van der Waals surface area (Å²) in [6.07, 6.45) is 6.46. The summed E-state index contributed by atoms with van der Waals surface area (Å²) >= 11 is 0. The molecule has 2 fully saturated rings. The van der Waals surface area contributed by atoms with Gasteiger partial charge in [-0.2, -0.15) is 10.1 Å². The SMILES string of the molecule is CCOc1cc(C=NN2C(=O)[C@@H]3[C@H](C2=O)[C@H]2C=C[C@H]3C2)ccc1OCC(=O)Nc1ccccc1. The Morgan fingerprint density at radius 2 is 1.74 bits per heavy atom. The summed E-state index contributed by atoms with van der Waals surface area (Å²) in [6.45, 7) is 2.06. The van der Waals surface area contributed by atoms with Gasteiger partial charge in [-0.25, -0.2) is 0 Å². The third-order valence-corrected chi connectivity index (χ3v) is 6.45. The molecule has 0 unspecified atom stereocenters. The molecule has 1 saturated carbocycles. The van der Waals surface area contributed by atoms with Crippen LogP contribution in [0.25, 0.3) is 0 Å². The van der Waals surface area contributed by atoms with Crippen molar-refractivity contribution in [1.29, 1.82) is 0 Å². The number of ether oxygens (including phenoxy) is 2. The van der Waals surface area contributed by atoms with E-state index in [2.05, 4.69) is 22.6 Å². The molecule has 2 bridgehead atoms. The number of para-hydroxylation sites is 1. The number of anilines is 1. The van der Waals surface area contributed by atoms with Crippen LogP contribution >= 0.6 is 0 Å². The van der Waals surface area contributed by atoms with Gasteiger partial charge in [0.2, 0.25) is 0 Å². The number of nitrogens with zero attached hydrogens (tertiary/aromatic N) is 2. The summed E-state index contributed by atoms with van der Waals surface area (Å²) in [7, 11) is 0. The van der Waals surface area contributed by atoms with Crippen molar-refractivity contribution in [2.75, 3.05) is 18.5 Å². The zero-order chi connectivity index (χ0) is 23.7. The zero-order valence-electron chi connectivity index (χ0n) is 18.7. The Kier molecular flexibility index (Phi) is 5.88. The lowest BCUT2D eigenvalue weighted by Crippen LogP contribution is -2.28. The number of benzene rings is 2. The lowest BCUT2D eigenvalue weighted by Gasteiger charge is -2.13. The van der Waals surface area contributed by atoms with Crippen LogP contribution in [0.4, 0.5) is 5.69 Å². The Morgan fingerprint density at radius 3 is 2.41 bits per heavy atom. The molecule has 0 radical (unpaired) electrons. The summed E-state index contributed by atoms with van der Waals surface area (Å²) < 4.78 is 11.3. The van der Waals surface area contributed by atoms with E-state index in [1.165, 1.54) is 6.21 Å². The predicted octanol–water partition coefficient (Wildman–Crippen LogP) is 3.24. The standard InChI is InChI=1S/C26H25N3O5/c1-2-33-21-12-16(8-11-20(21)34-15-22(30)28-19-6-4-3-5-7-19)14-27-29-25(31)23-17-9-10-18(13-17)24(23)26(29)32/h3-12,14,17-18,23-24H,2,13,15H2,1H3,(H,28,30)/t17-,18-,23-,24+/m0/s1. The lowest BCUT2D eigenvalue weighted by atomic mass is 9.85. The fraction of sp³-hybridized carbons (Fsp3) is 0.308. The molecule has 1 saturated heterocycles. The third kappa shape index (κ3) is 4.07. The first-order valence-corrected chi connectivity index (χ1v) is 11.4. The van der Waals surface area contributed by atoms with Crippen LogP contribution in [0.2, 0.25) is 0 Å². The van der Waals surface area contributed by atoms with Gasteiger partial charge >= 0.3 is 0 Å². The van der Waals surface area contributed by atoms with Gasteiger partial charge in [0.25, 0.3) is 17.7 Å². The monoisotopic (exact) mass is 459 g/mol. The van der Waals surface area contributed by atoms with Gasteiger partial charge in [0.15, 0.2) is 18.1 Å². The maximum absolute atomic E-state index is 12.8. The van der Waals surface area contributed by atoms with Crippen LogP contribution in [0.1, 0.15) is 18.9 Å². The number of hydrogen-bond acceptors (Lipinski definition) is 6. The number of allylic oxidation sites excluding steroid dienone is 2. The number of amides is 3. The van der Waals surface area contributed by atoms with Crippen molar-refractivity contribution in [1.82, 2.24) is 5.01 Å². The van der Waals surface area contributed by atoms with Gasteiger partial charge in [0.1, 0.15) is 0 Å². The van der Waals surface area contributed by atoms with Crippen LogP contribution < -0.4 is 14.8 Å². The molecule has 34 heavy (non-hydrogen) atoms. The summed E-state index contributed by atoms with van der Waals surface area (Å²) in [5, 5.41) is 7.98. The maximum atomic E-state index is 12.8. The average Bonchev–Trinajstić information content (AvgIpc) is 3.52. The molecule has 0 spiro atoms. The highest BCUT2D eigenvalue weighted by molar-refractivity contribution is 6.06. The smallest absolute Gasteiger partial charge is 0.262 e. The number of nitrogens with one attached hydrogen (secondary N) is 1. The number of imide groups is 1. The second-order valence-electron chi connectivity index (χ2n) is 8.57. The van der Waals surface area contributed by atoms with Crippen LogP contribution in [-0.4, -0.2) is 42.2 Å². The maximum Gasteiger partial charge on any atom is 0.262 e. The number of carbonyl (C=O) groups is 3. The molecule has 4 atom stereocenters. The van der Waals surface area contributed by atoms with Crippen molar-refractivity contribution in [2.24, 2.45) is 28.8 Å². The number of carbonyl (C=O) groups excluding carboxylic acids is 3. The molecule has 1 N–H and O–H groups in total. The van der Waals surface area contributed by atoms with Crippen molar-refractivity contribution >= 4 is 29.6 Å². The zero-order valence-corrected chi connectivity index (χ0v) is 18.7. The van der Waals surface area contributed by atoms with E-state index in [0.717, 1.165) is 11.4 Å². The van der Waals surface area contributed by atoms with Crippen LogP contribution in [0.3, 0.4) is 0 Å². The molecule has 2 aliphatic carbocycles. The second-order valence-corrected chi connectivity index (χ2v) is 8.57. The van der Waals surface area contributed by atoms with Gasteiger partial charge in [0.05, 0.1) is 24.7 Å². The highest BCUT2D eigenvalue weighted by Crippen LogP contribution is 2.52. The van der Waals surface area contributed by atoms with E-state index < -0.39 is 0 Å². The molecule has 3 aliphatic rings. The van der Waals surface area contributed by atoms with Crippen molar-refractivity contribution in [3.8, 4) is 11.5 Å². The number of rotatable bonds is 8. The van der Waals surface area contributed by atoms with Gasteiger partial charge in [-0.1, -0.05) is 30.4 Å². The van der Waals surface area contributed by atoms with Gasteiger partial charge < -0.3 is 14.8 Å². The Labute approximate surface area is 197 Å². The molecule has 1 aliphatic heterocycles. The third-order valence-electron chi connectivity index (χ3n) is 6.45. The largest absolute Gasteiger partial charge is 0.490 e. The number of fused-ring (bicyclic) bond motifs is 5. The summed E-state index contributed by atoms with van der Waals surface area (Å²) in [5.74, 6) is -0.161. The Balaban J connectivity index is 1.25. The van der Waals surface area contributed by atoms with Crippen LogP contribution in [-0.2, 0) is 14.4 Å². The van der Waals surface area contributed by atoms with E-state index in [1.54, 1.807) is 30.3 Å². The normalized spacial score (nSPS) is 24.7. The van der Waals surface area contributed by atoms with Crippen molar-refractivity contribution in [3.05, 3.63) is 66.2 Å². The van der Waals surface area contributed by atoms with Crippen molar-refractivity contribution < 1.29 is 23.9 Å². The molecule has 8 heteroatoms. The average molecular weight is 460 g/mol. The molecule has 5 rings (SSSR count). The lowest BCUT2D eigenvalue weighted by molar-refractivity contribution is -0.140. The van der Waals surface area contributed by atoms with Crippen LogP contribution in [0, 0.1) is 23.7 Å². The van der Waals surface area contributed by atoms with Crippen LogP contribution in [0.15, 0.2) is 65.8 Å². The molecule has 3 amide bonds. The van der Waals surface area contributed by atoms with Gasteiger partial charge in [-0.3, -0.25) is 14.4 Å². The molecule has 1 heterocycles. The number of hydrogen-bond donors (Lipinski definition) is 1. The van der Waals surface area contributed by atoms with Gasteiger partial charge in [-0.15, -0.1) is 0 Å². The van der Waals surface area contributed by atoms with E-state index in [0.29, 0.717) is 29.4 Å². The first-order chi connectivity index (χ1) is 16.5. The van der Waals surface area contributed by atoms with Gasteiger partial charge in [-0.05, 0) is 61.1 Å². The van der Waals surface area contributed by atoms with E-state index >= 15 is 0 Å². The van der Waals surface area contributed by atoms with Crippen molar-refractivity contribution in [3.63, 3.8) is 0 Å². The minimum absolute atomic E-state index is 0.145. The van der Waals surface area contributed by atoms with Crippen LogP contribution in [0.5, 0.6) is 11.5 Å².